The van der Waals surface area contributed by atoms with Crippen molar-refractivity contribution in [2.75, 3.05) is 14.2 Å². The van der Waals surface area contributed by atoms with Crippen LogP contribution in [0.25, 0.3) is 0 Å². The molecule has 0 saturated heterocycles. The Kier molecular flexibility index (Phi) is 4.50. The van der Waals surface area contributed by atoms with Crippen molar-refractivity contribution in [2.45, 2.75) is 13.0 Å². The van der Waals surface area contributed by atoms with Gasteiger partial charge in [-0.3, -0.25) is 0 Å². The summed E-state index contributed by atoms with van der Waals surface area (Å²) in [6.45, 7) is 1.99. The van der Waals surface area contributed by atoms with Gasteiger partial charge in [0.05, 0.1) is 14.2 Å². The quantitative estimate of drug-likeness (QED) is 0.915. The van der Waals surface area contributed by atoms with Crippen molar-refractivity contribution in [1.29, 1.82) is 0 Å². The second kappa shape index (κ2) is 5.94. The number of thiophene rings is 1. The van der Waals surface area contributed by atoms with E-state index in [2.05, 4.69) is 15.9 Å². The molecule has 0 amide bonds. The van der Waals surface area contributed by atoms with Gasteiger partial charge in [0.15, 0.2) is 0 Å². The first-order valence-corrected chi connectivity index (χ1v) is 7.39. The molecule has 0 aliphatic rings. The predicted octanol–water partition coefficient (Wildman–Crippen LogP) is 3.92. The molecule has 0 radical (unpaired) electrons. The lowest BCUT2D eigenvalue weighted by Crippen LogP contribution is -2.03. The van der Waals surface area contributed by atoms with Crippen LogP contribution < -0.4 is 9.47 Å². The third kappa shape index (κ3) is 2.63. The van der Waals surface area contributed by atoms with Crippen LogP contribution in [0.4, 0.5) is 0 Å². The van der Waals surface area contributed by atoms with Crippen LogP contribution in [0.3, 0.4) is 0 Å². The Bertz CT molecular complexity index is 580. The van der Waals surface area contributed by atoms with Crippen LogP contribution in [0.5, 0.6) is 11.5 Å². The van der Waals surface area contributed by atoms with Crippen molar-refractivity contribution >= 4 is 27.3 Å². The highest BCUT2D eigenvalue weighted by atomic mass is 79.9. The molecule has 3 nitrogen and oxygen atoms in total. The maximum atomic E-state index is 10.5. The van der Waals surface area contributed by atoms with E-state index in [0.29, 0.717) is 16.0 Å². The average Bonchev–Trinajstić information content (AvgIpc) is 2.83. The first-order chi connectivity index (χ1) is 9.10. The number of aliphatic hydroxyl groups excluding tert-OH is 1. The predicted molar refractivity (Wildman–Crippen MR) is 80.4 cm³/mol. The monoisotopic (exact) mass is 342 g/mol. The Morgan fingerprint density at radius 2 is 1.95 bits per heavy atom. The lowest BCUT2D eigenvalue weighted by molar-refractivity contribution is 0.217. The molecule has 0 fully saturated rings. The molecule has 0 saturated carbocycles. The smallest absolute Gasteiger partial charge is 0.142 e. The fourth-order valence-electron chi connectivity index (χ4n) is 1.94. The first-order valence-electron chi connectivity index (χ1n) is 5.72. The summed E-state index contributed by atoms with van der Waals surface area (Å²) in [4.78, 5) is 0.926. The molecular weight excluding hydrogens is 328 g/mol. The largest absolute Gasteiger partial charge is 0.495 e. The van der Waals surface area contributed by atoms with Crippen molar-refractivity contribution in [2.24, 2.45) is 0 Å². The molecule has 1 unspecified atom stereocenters. The van der Waals surface area contributed by atoms with Crippen LogP contribution >= 0.6 is 27.3 Å². The van der Waals surface area contributed by atoms with E-state index < -0.39 is 6.10 Å². The molecule has 2 aromatic rings. The number of halogens is 1. The Hall–Kier alpha value is -1.04. The summed E-state index contributed by atoms with van der Waals surface area (Å²) < 4.78 is 11.3. The molecule has 1 N–H and O–H groups in total. The van der Waals surface area contributed by atoms with E-state index in [1.54, 1.807) is 14.2 Å². The number of aryl methyl sites for hydroxylation is 1. The number of methoxy groups -OCH3 is 2. The summed E-state index contributed by atoms with van der Waals surface area (Å²) in [5.74, 6) is 1.27. The molecule has 1 atom stereocenters. The van der Waals surface area contributed by atoms with Gasteiger partial charge in [0, 0.05) is 10.4 Å². The number of hydrogen-bond donors (Lipinski definition) is 1. The molecule has 2 rings (SSSR count). The zero-order valence-electron chi connectivity index (χ0n) is 10.9. The summed E-state index contributed by atoms with van der Waals surface area (Å²) in [5.41, 5.74) is 1.80. The molecule has 0 aliphatic heterocycles. The number of aliphatic hydroxyl groups is 1. The highest BCUT2D eigenvalue weighted by molar-refractivity contribution is 9.10. The van der Waals surface area contributed by atoms with Crippen molar-refractivity contribution in [3.63, 3.8) is 0 Å². The number of ether oxygens (including phenoxy) is 2. The standard InChI is InChI=1S/C14H15BrO3S/c1-8-6-7-19-14(8)12(16)9-4-5-10(17-2)11(15)13(9)18-3/h4-7,12,16H,1-3H3. The van der Waals surface area contributed by atoms with Crippen molar-refractivity contribution in [3.8, 4) is 11.5 Å². The van der Waals surface area contributed by atoms with Crippen LogP contribution in [-0.4, -0.2) is 19.3 Å². The van der Waals surface area contributed by atoms with Gasteiger partial charge in [-0.1, -0.05) is 0 Å². The van der Waals surface area contributed by atoms with Gasteiger partial charge < -0.3 is 14.6 Å². The second-order valence-electron chi connectivity index (χ2n) is 4.07. The van der Waals surface area contributed by atoms with Crippen LogP contribution in [0.1, 0.15) is 22.1 Å². The zero-order valence-corrected chi connectivity index (χ0v) is 13.3. The van der Waals surface area contributed by atoms with Crippen LogP contribution in [-0.2, 0) is 0 Å². The fraction of sp³-hybridized carbons (Fsp3) is 0.286. The Morgan fingerprint density at radius 1 is 1.21 bits per heavy atom. The zero-order chi connectivity index (χ0) is 14.0. The van der Waals surface area contributed by atoms with E-state index in [1.165, 1.54) is 11.3 Å². The van der Waals surface area contributed by atoms with Crippen molar-refractivity contribution in [1.82, 2.24) is 0 Å². The van der Waals surface area contributed by atoms with Gasteiger partial charge in [0.25, 0.3) is 0 Å². The average molecular weight is 343 g/mol. The highest BCUT2D eigenvalue weighted by Gasteiger charge is 2.21. The summed E-state index contributed by atoms with van der Waals surface area (Å²) in [5, 5.41) is 12.5. The fourth-order valence-corrected chi connectivity index (χ4v) is 3.55. The lowest BCUT2D eigenvalue weighted by Gasteiger charge is -2.17. The summed E-state index contributed by atoms with van der Waals surface area (Å²) in [7, 11) is 3.18. The van der Waals surface area contributed by atoms with Crippen molar-refractivity contribution < 1.29 is 14.6 Å². The third-order valence-electron chi connectivity index (χ3n) is 2.96. The minimum Gasteiger partial charge on any atom is -0.495 e. The molecule has 1 aromatic heterocycles. The van der Waals surface area contributed by atoms with E-state index in [0.717, 1.165) is 16.0 Å². The molecule has 5 heteroatoms. The molecule has 0 spiro atoms. The van der Waals surface area contributed by atoms with Gasteiger partial charge in [-0.15, -0.1) is 11.3 Å². The van der Waals surface area contributed by atoms with E-state index >= 15 is 0 Å². The SMILES string of the molecule is COc1ccc(C(O)c2sccc2C)c(OC)c1Br. The van der Waals surface area contributed by atoms with E-state index in [9.17, 15) is 5.11 Å². The molecular formula is C14H15BrO3S. The van der Waals surface area contributed by atoms with Crippen LogP contribution in [0.2, 0.25) is 0 Å². The molecule has 0 aliphatic carbocycles. The molecule has 1 aromatic carbocycles. The Balaban J connectivity index is 2.51. The first kappa shape index (κ1) is 14.4. The molecule has 1 heterocycles. The number of benzene rings is 1. The summed E-state index contributed by atoms with van der Waals surface area (Å²) in [6, 6.07) is 5.63. The lowest BCUT2D eigenvalue weighted by atomic mass is 10.0. The highest BCUT2D eigenvalue weighted by Crippen LogP contribution is 2.42. The van der Waals surface area contributed by atoms with Gasteiger partial charge in [0.1, 0.15) is 22.1 Å². The third-order valence-corrected chi connectivity index (χ3v) is 4.78. The minimum absolute atomic E-state index is 0.597. The molecule has 19 heavy (non-hydrogen) atoms. The minimum atomic E-state index is -0.697. The van der Waals surface area contributed by atoms with Gasteiger partial charge in [-0.25, -0.2) is 0 Å². The van der Waals surface area contributed by atoms with E-state index in [1.807, 2.05) is 30.5 Å². The van der Waals surface area contributed by atoms with Gasteiger partial charge >= 0.3 is 0 Å². The summed E-state index contributed by atoms with van der Waals surface area (Å²) >= 11 is 4.98. The van der Waals surface area contributed by atoms with Crippen LogP contribution in [0, 0.1) is 6.92 Å². The van der Waals surface area contributed by atoms with E-state index in [-0.39, 0.29) is 0 Å². The molecule has 0 bridgehead atoms. The van der Waals surface area contributed by atoms with Gasteiger partial charge in [0.2, 0.25) is 0 Å². The Morgan fingerprint density at radius 3 is 2.47 bits per heavy atom. The summed E-state index contributed by atoms with van der Waals surface area (Å²) in [6.07, 6.45) is -0.697. The maximum absolute atomic E-state index is 10.5. The maximum Gasteiger partial charge on any atom is 0.142 e. The topological polar surface area (TPSA) is 38.7 Å². The Labute approximate surface area is 124 Å². The van der Waals surface area contributed by atoms with Crippen LogP contribution in [0.15, 0.2) is 28.1 Å². The number of rotatable bonds is 4. The number of hydrogen-bond acceptors (Lipinski definition) is 4. The van der Waals surface area contributed by atoms with Gasteiger partial charge in [-0.05, 0) is 52.0 Å². The van der Waals surface area contributed by atoms with Crippen molar-refractivity contribution in [3.05, 3.63) is 44.1 Å². The van der Waals surface area contributed by atoms with Gasteiger partial charge in [-0.2, -0.15) is 0 Å². The second-order valence-corrected chi connectivity index (χ2v) is 5.82. The van der Waals surface area contributed by atoms with E-state index in [4.69, 9.17) is 9.47 Å². The normalized spacial score (nSPS) is 12.3. The molecule has 102 valence electrons.